The Bertz CT molecular complexity index is 473. The van der Waals surface area contributed by atoms with Crippen LogP contribution in [0, 0.1) is 13.8 Å². The van der Waals surface area contributed by atoms with Crippen LogP contribution in [0.3, 0.4) is 0 Å². The van der Waals surface area contributed by atoms with Crippen LogP contribution in [0.25, 0.3) is 0 Å². The highest BCUT2D eigenvalue weighted by atomic mass is 32.1. The molecule has 0 amide bonds. The summed E-state index contributed by atoms with van der Waals surface area (Å²) < 4.78 is 0. The molecule has 3 heteroatoms. The van der Waals surface area contributed by atoms with E-state index in [1.54, 1.807) is 11.3 Å². The van der Waals surface area contributed by atoms with Crippen molar-refractivity contribution in [3.63, 3.8) is 0 Å². The molecule has 0 saturated carbocycles. The van der Waals surface area contributed by atoms with Crippen LogP contribution in [-0.2, 0) is 0 Å². The van der Waals surface area contributed by atoms with Gasteiger partial charge in [0.15, 0.2) is 0 Å². The van der Waals surface area contributed by atoms with Gasteiger partial charge in [-0.1, -0.05) is 12.1 Å². The molecule has 0 aliphatic rings. The predicted octanol–water partition coefficient (Wildman–Crippen LogP) is 3.90. The first-order chi connectivity index (χ1) is 8.65. The standard InChI is InChI=1S/C15H19NOS/c1-11-8-12(2)10-13(9-11)16-6-5-14(17)15-4-3-7-18-15/h3-4,7-10,14,16-17H,5-6H2,1-2H3. The van der Waals surface area contributed by atoms with Crippen LogP contribution in [0.15, 0.2) is 35.7 Å². The number of anilines is 1. The monoisotopic (exact) mass is 261 g/mol. The number of aliphatic hydroxyl groups excluding tert-OH is 1. The first-order valence-corrected chi connectivity index (χ1v) is 7.07. The van der Waals surface area contributed by atoms with E-state index in [1.807, 2.05) is 17.5 Å². The van der Waals surface area contributed by atoms with E-state index in [0.717, 1.165) is 23.5 Å². The average molecular weight is 261 g/mol. The van der Waals surface area contributed by atoms with Gasteiger partial charge in [-0.25, -0.2) is 0 Å². The summed E-state index contributed by atoms with van der Waals surface area (Å²) in [5.74, 6) is 0. The van der Waals surface area contributed by atoms with Crippen molar-refractivity contribution >= 4 is 17.0 Å². The minimum absolute atomic E-state index is 0.358. The van der Waals surface area contributed by atoms with E-state index in [2.05, 4.69) is 37.4 Å². The third kappa shape index (κ3) is 3.59. The third-order valence-corrected chi connectivity index (χ3v) is 3.81. The fourth-order valence-corrected chi connectivity index (χ4v) is 2.80. The van der Waals surface area contributed by atoms with E-state index in [1.165, 1.54) is 11.1 Å². The quantitative estimate of drug-likeness (QED) is 0.855. The smallest absolute Gasteiger partial charge is 0.0898 e. The van der Waals surface area contributed by atoms with E-state index in [9.17, 15) is 5.11 Å². The van der Waals surface area contributed by atoms with Crippen LogP contribution in [0.1, 0.15) is 28.5 Å². The molecule has 0 fully saturated rings. The van der Waals surface area contributed by atoms with Crippen molar-refractivity contribution in [3.05, 3.63) is 51.7 Å². The summed E-state index contributed by atoms with van der Waals surface area (Å²) in [7, 11) is 0. The van der Waals surface area contributed by atoms with Crippen molar-refractivity contribution < 1.29 is 5.11 Å². The third-order valence-electron chi connectivity index (χ3n) is 2.84. The lowest BCUT2D eigenvalue weighted by molar-refractivity contribution is 0.175. The summed E-state index contributed by atoms with van der Waals surface area (Å²) >= 11 is 1.60. The van der Waals surface area contributed by atoms with Gasteiger partial charge in [0, 0.05) is 17.1 Å². The molecular weight excluding hydrogens is 242 g/mol. The number of hydrogen-bond acceptors (Lipinski definition) is 3. The van der Waals surface area contributed by atoms with E-state index in [-0.39, 0.29) is 6.10 Å². The molecule has 1 atom stereocenters. The maximum absolute atomic E-state index is 9.97. The SMILES string of the molecule is Cc1cc(C)cc(NCCC(O)c2cccs2)c1. The molecule has 2 N–H and O–H groups in total. The summed E-state index contributed by atoms with van der Waals surface area (Å²) in [6.45, 7) is 4.97. The number of rotatable bonds is 5. The minimum atomic E-state index is -0.358. The van der Waals surface area contributed by atoms with Gasteiger partial charge < -0.3 is 10.4 Å². The number of nitrogens with one attached hydrogen (secondary N) is 1. The summed E-state index contributed by atoms with van der Waals surface area (Å²) in [6.07, 6.45) is 0.372. The largest absolute Gasteiger partial charge is 0.388 e. The molecule has 0 saturated heterocycles. The topological polar surface area (TPSA) is 32.3 Å². The molecule has 18 heavy (non-hydrogen) atoms. The number of aliphatic hydroxyl groups is 1. The second kappa shape index (κ2) is 6.03. The first kappa shape index (κ1) is 13.1. The zero-order chi connectivity index (χ0) is 13.0. The van der Waals surface area contributed by atoms with Crippen LogP contribution >= 0.6 is 11.3 Å². The second-order valence-corrected chi connectivity index (χ2v) is 5.60. The maximum Gasteiger partial charge on any atom is 0.0898 e. The van der Waals surface area contributed by atoms with Gasteiger partial charge in [-0.05, 0) is 55.0 Å². The van der Waals surface area contributed by atoms with Crippen LogP contribution < -0.4 is 5.32 Å². The van der Waals surface area contributed by atoms with Crippen molar-refractivity contribution in [1.82, 2.24) is 0 Å². The molecule has 2 nitrogen and oxygen atoms in total. The van der Waals surface area contributed by atoms with Crippen LogP contribution in [0.4, 0.5) is 5.69 Å². The Balaban J connectivity index is 1.85. The van der Waals surface area contributed by atoms with Gasteiger partial charge in [0.25, 0.3) is 0 Å². The Morgan fingerprint density at radius 3 is 2.56 bits per heavy atom. The Hall–Kier alpha value is -1.32. The highest BCUT2D eigenvalue weighted by molar-refractivity contribution is 7.10. The second-order valence-electron chi connectivity index (χ2n) is 4.62. The molecule has 1 aromatic heterocycles. The highest BCUT2D eigenvalue weighted by Gasteiger charge is 2.07. The Kier molecular flexibility index (Phi) is 4.39. The fourth-order valence-electron chi connectivity index (χ4n) is 2.05. The van der Waals surface area contributed by atoms with Crippen molar-refractivity contribution in [2.45, 2.75) is 26.4 Å². The molecule has 0 spiro atoms. The lowest BCUT2D eigenvalue weighted by Gasteiger charge is -2.11. The molecule has 1 unspecified atom stereocenters. The summed E-state index contributed by atoms with van der Waals surface area (Å²) in [5, 5.41) is 15.3. The Morgan fingerprint density at radius 1 is 1.22 bits per heavy atom. The lowest BCUT2D eigenvalue weighted by atomic mass is 10.1. The lowest BCUT2D eigenvalue weighted by Crippen LogP contribution is -2.07. The van der Waals surface area contributed by atoms with Crippen LogP contribution in [0.5, 0.6) is 0 Å². The molecule has 1 heterocycles. The van der Waals surface area contributed by atoms with E-state index >= 15 is 0 Å². The van der Waals surface area contributed by atoms with Crippen molar-refractivity contribution in [2.75, 3.05) is 11.9 Å². The zero-order valence-electron chi connectivity index (χ0n) is 10.8. The van der Waals surface area contributed by atoms with Gasteiger partial charge in [0.1, 0.15) is 0 Å². The van der Waals surface area contributed by atoms with Gasteiger partial charge >= 0.3 is 0 Å². The van der Waals surface area contributed by atoms with Gasteiger partial charge in [-0.2, -0.15) is 0 Å². The zero-order valence-corrected chi connectivity index (χ0v) is 11.6. The molecule has 0 radical (unpaired) electrons. The van der Waals surface area contributed by atoms with Gasteiger partial charge in [-0.3, -0.25) is 0 Å². The molecule has 1 aromatic carbocycles. The van der Waals surface area contributed by atoms with E-state index in [4.69, 9.17) is 0 Å². The summed E-state index contributed by atoms with van der Waals surface area (Å²) in [5.41, 5.74) is 3.65. The highest BCUT2D eigenvalue weighted by Crippen LogP contribution is 2.22. The van der Waals surface area contributed by atoms with Gasteiger partial charge in [-0.15, -0.1) is 11.3 Å². The number of aryl methyl sites for hydroxylation is 2. The number of benzene rings is 1. The Morgan fingerprint density at radius 2 is 1.94 bits per heavy atom. The molecule has 2 aromatic rings. The normalized spacial score (nSPS) is 12.4. The van der Waals surface area contributed by atoms with E-state index in [0.29, 0.717) is 0 Å². The van der Waals surface area contributed by atoms with Gasteiger partial charge in [0.05, 0.1) is 6.10 Å². The summed E-state index contributed by atoms with van der Waals surface area (Å²) in [4.78, 5) is 1.04. The molecule has 2 rings (SSSR count). The molecule has 0 aliphatic carbocycles. The predicted molar refractivity (Wildman–Crippen MR) is 78.3 cm³/mol. The summed E-state index contributed by atoms with van der Waals surface area (Å²) in [6, 6.07) is 10.4. The number of thiophene rings is 1. The minimum Gasteiger partial charge on any atom is -0.388 e. The van der Waals surface area contributed by atoms with Crippen LogP contribution in [0.2, 0.25) is 0 Å². The fraction of sp³-hybridized carbons (Fsp3) is 0.333. The first-order valence-electron chi connectivity index (χ1n) is 6.19. The number of hydrogen-bond donors (Lipinski definition) is 2. The molecule has 96 valence electrons. The molecule has 0 bridgehead atoms. The Labute approximate surface area is 112 Å². The molecule has 0 aliphatic heterocycles. The van der Waals surface area contributed by atoms with Gasteiger partial charge in [0.2, 0.25) is 0 Å². The van der Waals surface area contributed by atoms with Crippen molar-refractivity contribution in [2.24, 2.45) is 0 Å². The molecular formula is C15H19NOS. The van der Waals surface area contributed by atoms with Crippen molar-refractivity contribution in [1.29, 1.82) is 0 Å². The average Bonchev–Trinajstić information content (AvgIpc) is 2.80. The maximum atomic E-state index is 9.97. The van der Waals surface area contributed by atoms with Crippen molar-refractivity contribution in [3.8, 4) is 0 Å². The van der Waals surface area contributed by atoms with Crippen LogP contribution in [-0.4, -0.2) is 11.7 Å². The van der Waals surface area contributed by atoms with E-state index < -0.39 is 0 Å².